The van der Waals surface area contributed by atoms with Crippen molar-refractivity contribution in [2.24, 2.45) is 0 Å². The molecule has 0 aliphatic heterocycles. The molecular weight excluding hydrogens is 234 g/mol. The lowest BCUT2D eigenvalue weighted by Gasteiger charge is -2.25. The third-order valence-electron chi connectivity index (χ3n) is 2.65. The molecule has 0 aromatic heterocycles. The molecule has 0 atom stereocenters. The Morgan fingerprint density at radius 2 is 1.61 bits per heavy atom. The highest BCUT2D eigenvalue weighted by atomic mass is 16.4. The summed E-state index contributed by atoms with van der Waals surface area (Å²) in [5.74, 6) is -0.969. The molecule has 1 aromatic rings. The van der Waals surface area contributed by atoms with Gasteiger partial charge in [0, 0.05) is 26.3 Å². The van der Waals surface area contributed by atoms with E-state index >= 15 is 0 Å². The van der Waals surface area contributed by atoms with Gasteiger partial charge in [-0.3, -0.25) is 0 Å². The number of carboxylic acid groups (broad SMARTS) is 1. The molecule has 0 fully saturated rings. The molecule has 0 radical (unpaired) electrons. The number of aliphatic hydroxyl groups is 2. The minimum absolute atomic E-state index is 0.0604. The van der Waals surface area contributed by atoms with Crippen molar-refractivity contribution >= 4 is 11.7 Å². The largest absolute Gasteiger partial charge is 0.478 e. The maximum Gasteiger partial charge on any atom is 0.337 e. The summed E-state index contributed by atoms with van der Waals surface area (Å²) in [6.07, 6.45) is 1.14. The van der Waals surface area contributed by atoms with Gasteiger partial charge < -0.3 is 20.2 Å². The van der Waals surface area contributed by atoms with Crippen molar-refractivity contribution in [1.82, 2.24) is 0 Å². The predicted molar refractivity (Wildman–Crippen MR) is 69.0 cm³/mol. The number of para-hydroxylation sites is 1. The first-order valence-electron chi connectivity index (χ1n) is 5.99. The van der Waals surface area contributed by atoms with E-state index in [2.05, 4.69) is 0 Å². The van der Waals surface area contributed by atoms with E-state index in [-0.39, 0.29) is 18.8 Å². The van der Waals surface area contributed by atoms with Gasteiger partial charge in [0.15, 0.2) is 0 Å². The molecule has 3 N–H and O–H groups in total. The van der Waals surface area contributed by atoms with E-state index in [4.69, 9.17) is 15.3 Å². The average Bonchev–Trinajstić information content (AvgIpc) is 2.39. The second-order valence-electron chi connectivity index (χ2n) is 3.96. The van der Waals surface area contributed by atoms with E-state index in [0.717, 1.165) is 0 Å². The van der Waals surface area contributed by atoms with Crippen LogP contribution in [0.2, 0.25) is 0 Å². The number of hydrogen-bond acceptors (Lipinski definition) is 4. The fraction of sp³-hybridized carbons (Fsp3) is 0.462. The summed E-state index contributed by atoms with van der Waals surface area (Å²) < 4.78 is 0. The molecule has 18 heavy (non-hydrogen) atoms. The number of nitrogens with zero attached hydrogens (tertiary/aromatic N) is 1. The summed E-state index contributed by atoms with van der Waals surface area (Å²) in [5, 5.41) is 26.9. The Morgan fingerprint density at radius 1 is 1.06 bits per heavy atom. The quantitative estimate of drug-likeness (QED) is 0.643. The number of benzene rings is 1. The first-order chi connectivity index (χ1) is 8.70. The van der Waals surface area contributed by atoms with Crippen molar-refractivity contribution in [3.05, 3.63) is 29.8 Å². The molecule has 100 valence electrons. The summed E-state index contributed by atoms with van der Waals surface area (Å²) in [6, 6.07) is 6.77. The first kappa shape index (κ1) is 14.5. The Labute approximate surface area is 106 Å². The summed E-state index contributed by atoms with van der Waals surface area (Å²) in [4.78, 5) is 13.0. The van der Waals surface area contributed by atoms with Gasteiger partial charge in [0.1, 0.15) is 0 Å². The van der Waals surface area contributed by atoms with Gasteiger partial charge in [0.05, 0.1) is 11.3 Å². The number of aliphatic hydroxyl groups excluding tert-OH is 2. The van der Waals surface area contributed by atoms with E-state index in [9.17, 15) is 4.79 Å². The zero-order chi connectivity index (χ0) is 13.4. The number of anilines is 1. The van der Waals surface area contributed by atoms with Crippen molar-refractivity contribution in [2.75, 3.05) is 31.2 Å². The van der Waals surface area contributed by atoms with Crippen LogP contribution in [-0.2, 0) is 0 Å². The van der Waals surface area contributed by atoms with Crippen molar-refractivity contribution in [3.63, 3.8) is 0 Å². The van der Waals surface area contributed by atoms with E-state index in [1.807, 2.05) is 4.90 Å². The standard InChI is InChI=1S/C13H19NO4/c15-9-3-7-14(8-4-10-16)12-6-2-1-5-11(12)13(17)18/h1-2,5-6,15-16H,3-4,7-10H2,(H,17,18). The maximum absolute atomic E-state index is 11.1. The number of aromatic carboxylic acids is 1. The molecule has 0 saturated heterocycles. The van der Waals surface area contributed by atoms with E-state index in [1.54, 1.807) is 24.3 Å². The molecule has 5 nitrogen and oxygen atoms in total. The van der Waals surface area contributed by atoms with Gasteiger partial charge in [-0.1, -0.05) is 12.1 Å². The van der Waals surface area contributed by atoms with Crippen LogP contribution in [0.3, 0.4) is 0 Å². The van der Waals surface area contributed by atoms with Crippen LogP contribution in [0, 0.1) is 0 Å². The second kappa shape index (κ2) is 7.68. The summed E-state index contributed by atoms with van der Waals surface area (Å²) in [5.41, 5.74) is 0.875. The fourth-order valence-electron chi connectivity index (χ4n) is 1.81. The van der Waals surface area contributed by atoms with Crippen LogP contribution in [0.25, 0.3) is 0 Å². The highest BCUT2D eigenvalue weighted by Crippen LogP contribution is 2.21. The molecular formula is C13H19NO4. The smallest absolute Gasteiger partial charge is 0.337 e. The summed E-state index contributed by atoms with van der Waals surface area (Å²) >= 11 is 0. The molecule has 0 unspecified atom stereocenters. The number of carboxylic acids is 1. The lowest BCUT2D eigenvalue weighted by molar-refractivity contribution is 0.0697. The normalized spacial score (nSPS) is 10.3. The minimum Gasteiger partial charge on any atom is -0.478 e. The van der Waals surface area contributed by atoms with Crippen molar-refractivity contribution < 1.29 is 20.1 Å². The SMILES string of the molecule is O=C(O)c1ccccc1N(CCCO)CCCO. The van der Waals surface area contributed by atoms with E-state index in [0.29, 0.717) is 31.6 Å². The Kier molecular flexibility index (Phi) is 6.18. The number of rotatable bonds is 8. The third kappa shape index (κ3) is 4.01. The molecule has 0 heterocycles. The predicted octanol–water partition coefficient (Wildman–Crippen LogP) is 0.956. The molecule has 1 rings (SSSR count). The Morgan fingerprint density at radius 3 is 2.11 bits per heavy atom. The lowest BCUT2D eigenvalue weighted by atomic mass is 10.1. The van der Waals surface area contributed by atoms with E-state index in [1.165, 1.54) is 0 Å². The highest BCUT2D eigenvalue weighted by Gasteiger charge is 2.14. The number of hydrogen-bond donors (Lipinski definition) is 3. The molecule has 1 aromatic carbocycles. The zero-order valence-electron chi connectivity index (χ0n) is 10.2. The maximum atomic E-state index is 11.1. The topological polar surface area (TPSA) is 81.0 Å². The fourth-order valence-corrected chi connectivity index (χ4v) is 1.81. The lowest BCUT2D eigenvalue weighted by Crippen LogP contribution is -2.28. The molecule has 0 bridgehead atoms. The van der Waals surface area contributed by atoms with Crippen molar-refractivity contribution in [3.8, 4) is 0 Å². The van der Waals surface area contributed by atoms with E-state index < -0.39 is 5.97 Å². The van der Waals surface area contributed by atoms with Crippen LogP contribution in [0.1, 0.15) is 23.2 Å². The van der Waals surface area contributed by atoms with Gasteiger partial charge in [-0.2, -0.15) is 0 Å². The van der Waals surface area contributed by atoms with Gasteiger partial charge in [0.2, 0.25) is 0 Å². The minimum atomic E-state index is -0.969. The van der Waals surface area contributed by atoms with Crippen LogP contribution in [0.15, 0.2) is 24.3 Å². The van der Waals surface area contributed by atoms with Crippen LogP contribution in [0.5, 0.6) is 0 Å². The Hall–Kier alpha value is -1.59. The van der Waals surface area contributed by atoms with Gasteiger partial charge in [0.25, 0.3) is 0 Å². The van der Waals surface area contributed by atoms with Crippen molar-refractivity contribution in [1.29, 1.82) is 0 Å². The van der Waals surface area contributed by atoms with Gasteiger partial charge in [-0.25, -0.2) is 4.79 Å². The molecule has 0 amide bonds. The van der Waals surface area contributed by atoms with Gasteiger partial charge in [-0.05, 0) is 25.0 Å². The highest BCUT2D eigenvalue weighted by molar-refractivity contribution is 5.94. The third-order valence-corrected chi connectivity index (χ3v) is 2.65. The summed E-state index contributed by atoms with van der Waals surface area (Å²) in [6.45, 7) is 1.26. The summed E-state index contributed by atoms with van der Waals surface area (Å²) in [7, 11) is 0. The Balaban J connectivity index is 2.92. The Bertz CT molecular complexity index is 373. The van der Waals surface area contributed by atoms with Gasteiger partial charge in [-0.15, -0.1) is 0 Å². The monoisotopic (exact) mass is 253 g/mol. The molecule has 0 aliphatic rings. The number of carbonyl (C=O) groups is 1. The average molecular weight is 253 g/mol. The van der Waals surface area contributed by atoms with Crippen LogP contribution < -0.4 is 4.90 Å². The molecule has 5 heteroatoms. The zero-order valence-corrected chi connectivity index (χ0v) is 10.2. The van der Waals surface area contributed by atoms with Crippen LogP contribution >= 0.6 is 0 Å². The molecule has 0 spiro atoms. The van der Waals surface area contributed by atoms with Crippen LogP contribution in [0.4, 0.5) is 5.69 Å². The van der Waals surface area contributed by atoms with Crippen molar-refractivity contribution in [2.45, 2.75) is 12.8 Å². The molecule has 0 saturated carbocycles. The first-order valence-corrected chi connectivity index (χ1v) is 5.99. The van der Waals surface area contributed by atoms with Crippen LogP contribution in [-0.4, -0.2) is 47.6 Å². The molecule has 0 aliphatic carbocycles. The second-order valence-corrected chi connectivity index (χ2v) is 3.96. The van der Waals surface area contributed by atoms with Gasteiger partial charge >= 0.3 is 5.97 Å².